The van der Waals surface area contributed by atoms with Crippen LogP contribution in [0.25, 0.3) is 0 Å². The van der Waals surface area contributed by atoms with E-state index in [-0.39, 0.29) is 32.0 Å². The van der Waals surface area contributed by atoms with Crippen LogP contribution in [0.4, 0.5) is 19.0 Å². The lowest BCUT2D eigenvalue weighted by molar-refractivity contribution is -0.192. The summed E-state index contributed by atoms with van der Waals surface area (Å²) >= 11 is 6.08. The van der Waals surface area contributed by atoms with Gasteiger partial charge in [0.1, 0.15) is 11.9 Å². The molecule has 248 valence electrons. The molecule has 3 rings (SSSR count). The molecule has 2 atom stereocenters. The molecule has 11 nitrogen and oxygen atoms in total. The van der Waals surface area contributed by atoms with Gasteiger partial charge in [0.05, 0.1) is 25.7 Å². The highest BCUT2D eigenvalue weighted by Gasteiger charge is 2.38. The Bertz CT molecular complexity index is 1400. The van der Waals surface area contributed by atoms with E-state index in [1.807, 2.05) is 48.5 Å². The van der Waals surface area contributed by atoms with Crippen LogP contribution >= 0.6 is 11.6 Å². The Morgan fingerprint density at radius 2 is 1.61 bits per heavy atom. The summed E-state index contributed by atoms with van der Waals surface area (Å²) in [5, 5.41) is 25.6. The topological polar surface area (TPSA) is 167 Å². The van der Waals surface area contributed by atoms with Crippen molar-refractivity contribution in [3.63, 3.8) is 0 Å². The lowest BCUT2D eigenvalue weighted by Gasteiger charge is -2.23. The van der Waals surface area contributed by atoms with E-state index in [0.717, 1.165) is 17.8 Å². The van der Waals surface area contributed by atoms with Crippen LogP contribution in [0.5, 0.6) is 0 Å². The first-order valence-corrected chi connectivity index (χ1v) is 14.4. The van der Waals surface area contributed by atoms with Crippen LogP contribution in [-0.2, 0) is 30.5 Å². The van der Waals surface area contributed by atoms with Gasteiger partial charge in [-0.3, -0.25) is 14.4 Å². The van der Waals surface area contributed by atoms with Gasteiger partial charge in [0.25, 0.3) is 0 Å². The normalized spacial score (nSPS) is 12.1. The number of carbonyl (C=O) groups excluding carboxylic acids is 2. The van der Waals surface area contributed by atoms with Crippen molar-refractivity contribution in [2.24, 2.45) is 0 Å². The number of nitrogens with one attached hydrogen (secondary N) is 3. The maximum absolute atomic E-state index is 13.3. The number of carboxylic acid groups (broad SMARTS) is 2. The van der Waals surface area contributed by atoms with Crippen LogP contribution in [-0.4, -0.2) is 64.3 Å². The first kappa shape index (κ1) is 37.5. The Hall–Kier alpha value is -4.69. The number of ether oxygens (including phenoxy) is 1. The number of rotatable bonds is 16. The second-order valence-electron chi connectivity index (χ2n) is 9.74. The number of hydrogen-bond acceptors (Lipinski definition) is 7. The molecule has 0 radical (unpaired) electrons. The van der Waals surface area contributed by atoms with Gasteiger partial charge in [0, 0.05) is 24.2 Å². The number of aromatic nitrogens is 1. The maximum atomic E-state index is 13.3. The molecular formula is C31H34ClF3N4O7. The van der Waals surface area contributed by atoms with Crippen molar-refractivity contribution in [3.05, 3.63) is 95.1 Å². The van der Waals surface area contributed by atoms with E-state index < -0.39 is 36.1 Å². The lowest BCUT2D eigenvalue weighted by Crippen LogP contribution is -2.50. The molecule has 46 heavy (non-hydrogen) atoms. The van der Waals surface area contributed by atoms with Crippen molar-refractivity contribution >= 4 is 41.2 Å². The van der Waals surface area contributed by atoms with Gasteiger partial charge in [-0.1, -0.05) is 60.1 Å². The largest absolute Gasteiger partial charge is 0.490 e. The number of halogens is 4. The van der Waals surface area contributed by atoms with Gasteiger partial charge in [0.2, 0.25) is 11.8 Å². The Kier molecular flexibility index (Phi) is 16.0. The number of alkyl halides is 3. The van der Waals surface area contributed by atoms with Crippen molar-refractivity contribution in [2.75, 3.05) is 18.5 Å². The minimum atomic E-state index is -5.08. The third-order valence-corrected chi connectivity index (χ3v) is 6.27. The summed E-state index contributed by atoms with van der Waals surface area (Å²) in [6, 6.07) is 19.9. The summed E-state index contributed by atoms with van der Waals surface area (Å²) in [5.41, 5.74) is 1.47. The number of hydrogen-bond donors (Lipinski definition) is 5. The second kappa shape index (κ2) is 19.6. The van der Waals surface area contributed by atoms with E-state index in [4.69, 9.17) is 26.2 Å². The molecule has 1 aromatic heterocycles. The van der Waals surface area contributed by atoms with Gasteiger partial charge >= 0.3 is 18.1 Å². The number of amides is 2. The molecule has 0 aliphatic rings. The molecule has 0 aliphatic heterocycles. The van der Waals surface area contributed by atoms with Crippen molar-refractivity contribution in [1.82, 2.24) is 15.6 Å². The fraction of sp³-hybridized carbons (Fsp3) is 0.323. The number of nitrogens with zero attached hydrogens (tertiary/aromatic N) is 1. The fourth-order valence-electron chi connectivity index (χ4n) is 3.84. The van der Waals surface area contributed by atoms with Crippen molar-refractivity contribution in [2.45, 2.75) is 50.6 Å². The highest BCUT2D eigenvalue weighted by Crippen LogP contribution is 2.21. The predicted octanol–water partition coefficient (Wildman–Crippen LogP) is 4.98. The van der Waals surface area contributed by atoms with Crippen LogP contribution in [0.15, 0.2) is 79.0 Å². The first-order chi connectivity index (χ1) is 21.8. The van der Waals surface area contributed by atoms with E-state index in [9.17, 15) is 32.7 Å². The number of aliphatic carboxylic acids is 2. The number of anilines is 1. The van der Waals surface area contributed by atoms with Crippen LogP contribution in [0, 0.1) is 0 Å². The average molecular weight is 667 g/mol. The quantitative estimate of drug-likeness (QED) is 0.132. The summed E-state index contributed by atoms with van der Waals surface area (Å²) in [6.07, 6.45) is -2.16. The van der Waals surface area contributed by atoms with Gasteiger partial charge in [-0.25, -0.2) is 9.78 Å². The van der Waals surface area contributed by atoms with Gasteiger partial charge < -0.3 is 30.9 Å². The Morgan fingerprint density at radius 1 is 0.913 bits per heavy atom. The van der Waals surface area contributed by atoms with E-state index >= 15 is 0 Å². The van der Waals surface area contributed by atoms with Crippen molar-refractivity contribution in [1.29, 1.82) is 0 Å². The lowest BCUT2D eigenvalue weighted by atomic mass is 10.0. The van der Waals surface area contributed by atoms with E-state index in [0.29, 0.717) is 23.6 Å². The summed E-state index contributed by atoms with van der Waals surface area (Å²) < 4.78 is 37.5. The Balaban J connectivity index is 0.000000942. The number of pyridine rings is 1. The standard InChI is InChI=1S/C29H33ClN4O5.C2HF3O2/c30-23-12-8-11-22(17-23)24(18-28(36)37)34-29(38)25(20-39-19-21-9-2-1-3-10-21)33-27(35)14-5-7-16-32-26-13-4-6-15-31-26;3-2(4,5)1(6)7/h1-4,6,8-13,15,17,24-25H,5,7,14,16,18-20H2,(H,31,32)(H,33,35)(H,34,38)(H,36,37);(H,6,7). The summed E-state index contributed by atoms with van der Waals surface area (Å²) in [4.78, 5) is 50.6. The molecule has 15 heteroatoms. The summed E-state index contributed by atoms with van der Waals surface area (Å²) in [5.74, 6) is -3.91. The van der Waals surface area contributed by atoms with Gasteiger partial charge in [-0.05, 0) is 48.2 Å². The minimum absolute atomic E-state index is 0.0803. The molecular weight excluding hydrogens is 633 g/mol. The molecule has 0 saturated carbocycles. The van der Waals surface area contributed by atoms with E-state index in [1.165, 1.54) is 0 Å². The van der Waals surface area contributed by atoms with Crippen LogP contribution in [0.1, 0.15) is 42.9 Å². The van der Waals surface area contributed by atoms with Gasteiger partial charge in [-0.15, -0.1) is 0 Å². The second-order valence-corrected chi connectivity index (χ2v) is 10.2. The molecule has 2 unspecified atom stereocenters. The van der Waals surface area contributed by atoms with Crippen LogP contribution in [0.3, 0.4) is 0 Å². The fourth-order valence-corrected chi connectivity index (χ4v) is 4.03. The minimum Gasteiger partial charge on any atom is -0.481 e. The van der Waals surface area contributed by atoms with Gasteiger partial charge in [-0.2, -0.15) is 13.2 Å². The molecule has 1 heterocycles. The average Bonchev–Trinajstić information content (AvgIpc) is 3.00. The highest BCUT2D eigenvalue weighted by atomic mass is 35.5. The Morgan fingerprint density at radius 3 is 2.22 bits per heavy atom. The third kappa shape index (κ3) is 15.3. The molecule has 0 spiro atoms. The van der Waals surface area contributed by atoms with Crippen LogP contribution in [0.2, 0.25) is 5.02 Å². The molecule has 2 aromatic carbocycles. The SMILES string of the molecule is O=C(O)C(F)(F)F.O=C(O)CC(NC(=O)C(COCc1ccccc1)NC(=O)CCCCNc1ccccn1)c1cccc(Cl)c1. The highest BCUT2D eigenvalue weighted by molar-refractivity contribution is 6.30. The van der Waals surface area contributed by atoms with Crippen molar-refractivity contribution in [3.8, 4) is 0 Å². The first-order valence-electron chi connectivity index (χ1n) is 14.0. The zero-order valence-electron chi connectivity index (χ0n) is 24.5. The molecule has 2 amide bonds. The monoisotopic (exact) mass is 666 g/mol. The number of carboxylic acids is 2. The summed E-state index contributed by atoms with van der Waals surface area (Å²) in [6.45, 7) is 0.834. The Labute approximate surface area is 268 Å². The molecule has 0 aliphatic carbocycles. The maximum Gasteiger partial charge on any atom is 0.490 e. The van der Waals surface area contributed by atoms with Gasteiger partial charge in [0.15, 0.2) is 0 Å². The molecule has 0 saturated heterocycles. The molecule has 3 aromatic rings. The number of benzene rings is 2. The molecule has 0 fully saturated rings. The smallest absolute Gasteiger partial charge is 0.481 e. The van der Waals surface area contributed by atoms with E-state index in [2.05, 4.69) is 20.9 Å². The van der Waals surface area contributed by atoms with E-state index in [1.54, 1.807) is 30.5 Å². The zero-order chi connectivity index (χ0) is 34.0. The molecule has 0 bridgehead atoms. The molecule has 5 N–H and O–H groups in total. The van der Waals surface area contributed by atoms with Crippen molar-refractivity contribution < 1.29 is 47.3 Å². The zero-order valence-corrected chi connectivity index (χ0v) is 25.3. The third-order valence-electron chi connectivity index (χ3n) is 6.04. The number of unbranched alkanes of at least 4 members (excludes halogenated alkanes) is 1. The predicted molar refractivity (Wildman–Crippen MR) is 163 cm³/mol. The number of carbonyl (C=O) groups is 4. The van der Waals surface area contributed by atoms with Crippen LogP contribution < -0.4 is 16.0 Å². The summed E-state index contributed by atoms with van der Waals surface area (Å²) in [7, 11) is 0.